The fourth-order valence-corrected chi connectivity index (χ4v) is 3.96. The van der Waals surface area contributed by atoms with Crippen molar-refractivity contribution in [3.05, 3.63) is 28.3 Å². The van der Waals surface area contributed by atoms with Gasteiger partial charge >= 0.3 is 5.69 Å². The molecule has 2 heterocycles. The Bertz CT molecular complexity index is 550. The standard InChI is InChI=1S/C17H25N3O3/c1-23-17-12-15(2-3-16(17)20(21)22)19-10-6-14(7-11-19)13-4-8-18-9-5-13/h2-3,12-14,18H,4-11H2,1H3. The third-order valence-electron chi connectivity index (χ3n) is 5.32. The van der Waals surface area contributed by atoms with Crippen molar-refractivity contribution in [1.82, 2.24) is 5.32 Å². The summed E-state index contributed by atoms with van der Waals surface area (Å²) in [6.45, 7) is 4.36. The van der Waals surface area contributed by atoms with Crippen LogP contribution in [0, 0.1) is 22.0 Å². The van der Waals surface area contributed by atoms with Crippen molar-refractivity contribution in [1.29, 1.82) is 0 Å². The second kappa shape index (κ2) is 7.17. The van der Waals surface area contributed by atoms with Crippen molar-refractivity contribution >= 4 is 11.4 Å². The number of methoxy groups -OCH3 is 1. The lowest BCUT2D eigenvalue weighted by Crippen LogP contribution is -2.39. The van der Waals surface area contributed by atoms with E-state index in [0.29, 0.717) is 5.75 Å². The van der Waals surface area contributed by atoms with Crippen molar-refractivity contribution in [2.45, 2.75) is 25.7 Å². The van der Waals surface area contributed by atoms with Crippen LogP contribution >= 0.6 is 0 Å². The first-order valence-electron chi connectivity index (χ1n) is 8.47. The zero-order valence-corrected chi connectivity index (χ0v) is 13.7. The van der Waals surface area contributed by atoms with Crippen LogP contribution < -0.4 is 15.0 Å². The van der Waals surface area contributed by atoms with E-state index in [1.165, 1.54) is 32.8 Å². The summed E-state index contributed by atoms with van der Waals surface area (Å²) in [7, 11) is 1.48. The highest BCUT2D eigenvalue weighted by atomic mass is 16.6. The maximum absolute atomic E-state index is 11.0. The molecule has 23 heavy (non-hydrogen) atoms. The first kappa shape index (κ1) is 16.1. The third-order valence-corrected chi connectivity index (χ3v) is 5.32. The normalized spacial score (nSPS) is 20.5. The topological polar surface area (TPSA) is 67.6 Å². The number of ether oxygens (including phenoxy) is 1. The summed E-state index contributed by atoms with van der Waals surface area (Å²) in [5.41, 5.74) is 1.05. The van der Waals surface area contributed by atoms with Crippen molar-refractivity contribution in [3.8, 4) is 5.75 Å². The molecule has 2 aliphatic heterocycles. The molecule has 0 atom stereocenters. The molecule has 3 rings (SSSR count). The third kappa shape index (κ3) is 3.58. The molecule has 1 N–H and O–H groups in total. The highest BCUT2D eigenvalue weighted by Gasteiger charge is 2.28. The van der Waals surface area contributed by atoms with Gasteiger partial charge in [-0.25, -0.2) is 0 Å². The largest absolute Gasteiger partial charge is 0.490 e. The molecule has 2 aliphatic rings. The number of anilines is 1. The van der Waals surface area contributed by atoms with Gasteiger partial charge in [0.15, 0.2) is 5.75 Å². The number of rotatable bonds is 4. The van der Waals surface area contributed by atoms with Gasteiger partial charge in [-0.1, -0.05) is 0 Å². The quantitative estimate of drug-likeness (QED) is 0.683. The Balaban J connectivity index is 1.64. The zero-order chi connectivity index (χ0) is 16.2. The molecule has 0 saturated carbocycles. The van der Waals surface area contributed by atoms with E-state index in [2.05, 4.69) is 10.2 Å². The molecule has 2 saturated heterocycles. The Morgan fingerprint density at radius 1 is 1.17 bits per heavy atom. The van der Waals surface area contributed by atoms with E-state index in [-0.39, 0.29) is 5.69 Å². The van der Waals surface area contributed by atoms with Crippen LogP contribution in [0.4, 0.5) is 11.4 Å². The van der Waals surface area contributed by atoms with Crippen LogP contribution in [0.3, 0.4) is 0 Å². The molecule has 0 bridgehead atoms. The van der Waals surface area contributed by atoms with Crippen molar-refractivity contribution < 1.29 is 9.66 Å². The Hall–Kier alpha value is -1.82. The molecule has 6 heteroatoms. The molecule has 0 unspecified atom stereocenters. The van der Waals surface area contributed by atoms with Gasteiger partial charge in [-0.3, -0.25) is 10.1 Å². The summed E-state index contributed by atoms with van der Waals surface area (Å²) in [6, 6.07) is 5.18. The van der Waals surface area contributed by atoms with Crippen molar-refractivity contribution in [3.63, 3.8) is 0 Å². The van der Waals surface area contributed by atoms with E-state index < -0.39 is 4.92 Å². The minimum Gasteiger partial charge on any atom is -0.490 e. The Kier molecular flexibility index (Phi) is 5.00. The summed E-state index contributed by atoms with van der Waals surface area (Å²) < 4.78 is 5.18. The average Bonchev–Trinajstić information content (AvgIpc) is 2.62. The van der Waals surface area contributed by atoms with Crippen LogP contribution in [-0.4, -0.2) is 38.2 Å². The molecule has 126 valence electrons. The van der Waals surface area contributed by atoms with Crippen molar-refractivity contribution in [2.75, 3.05) is 38.2 Å². The zero-order valence-electron chi connectivity index (χ0n) is 13.7. The van der Waals surface area contributed by atoms with E-state index in [1.807, 2.05) is 6.07 Å². The molecule has 2 fully saturated rings. The van der Waals surface area contributed by atoms with Gasteiger partial charge in [0.05, 0.1) is 12.0 Å². The van der Waals surface area contributed by atoms with Crippen LogP contribution in [0.2, 0.25) is 0 Å². The number of nitro groups is 1. The summed E-state index contributed by atoms with van der Waals surface area (Å²) in [6.07, 6.45) is 5.03. The van der Waals surface area contributed by atoms with E-state index in [9.17, 15) is 10.1 Å². The predicted octanol–water partition coefficient (Wildman–Crippen LogP) is 2.82. The SMILES string of the molecule is COc1cc(N2CCC(C3CCNCC3)CC2)ccc1[N+](=O)[O-]. The lowest BCUT2D eigenvalue weighted by molar-refractivity contribution is -0.385. The average molecular weight is 319 g/mol. The number of nitrogens with zero attached hydrogens (tertiary/aromatic N) is 2. The molecule has 1 aromatic rings. The molecule has 6 nitrogen and oxygen atoms in total. The van der Waals surface area contributed by atoms with Gasteiger partial charge in [-0.2, -0.15) is 0 Å². The number of benzene rings is 1. The maximum atomic E-state index is 11.0. The Morgan fingerprint density at radius 3 is 2.43 bits per heavy atom. The summed E-state index contributed by atoms with van der Waals surface area (Å²) in [5.74, 6) is 2.03. The number of piperidine rings is 2. The van der Waals surface area contributed by atoms with Gasteiger partial charge in [-0.05, 0) is 56.7 Å². The van der Waals surface area contributed by atoms with Gasteiger partial charge in [-0.15, -0.1) is 0 Å². The van der Waals surface area contributed by atoms with Gasteiger partial charge in [0.25, 0.3) is 0 Å². The first-order valence-corrected chi connectivity index (χ1v) is 8.47. The predicted molar refractivity (Wildman–Crippen MR) is 90.2 cm³/mol. The molecular formula is C17H25N3O3. The molecular weight excluding hydrogens is 294 g/mol. The van der Waals surface area contributed by atoms with Crippen LogP contribution in [0.5, 0.6) is 5.75 Å². The summed E-state index contributed by atoms with van der Waals surface area (Å²) >= 11 is 0. The minimum absolute atomic E-state index is 0.0286. The molecule has 0 aromatic heterocycles. The fraction of sp³-hybridized carbons (Fsp3) is 0.647. The number of hydrogen-bond acceptors (Lipinski definition) is 5. The van der Waals surface area contributed by atoms with E-state index in [1.54, 1.807) is 12.1 Å². The highest BCUT2D eigenvalue weighted by Crippen LogP contribution is 2.35. The van der Waals surface area contributed by atoms with Crippen LogP contribution in [0.25, 0.3) is 0 Å². The van der Waals surface area contributed by atoms with E-state index in [0.717, 1.165) is 43.7 Å². The number of nitro benzene ring substituents is 1. The van der Waals surface area contributed by atoms with Gasteiger partial charge in [0, 0.05) is 30.9 Å². The molecule has 0 amide bonds. The van der Waals surface area contributed by atoms with Gasteiger partial charge in [0.2, 0.25) is 0 Å². The van der Waals surface area contributed by atoms with Crippen LogP contribution in [-0.2, 0) is 0 Å². The Morgan fingerprint density at radius 2 is 1.83 bits per heavy atom. The van der Waals surface area contributed by atoms with Crippen molar-refractivity contribution in [2.24, 2.45) is 11.8 Å². The van der Waals surface area contributed by atoms with Crippen LogP contribution in [0.15, 0.2) is 18.2 Å². The molecule has 1 aromatic carbocycles. The number of hydrogen-bond donors (Lipinski definition) is 1. The Labute approximate surface area is 137 Å². The molecule has 0 aliphatic carbocycles. The summed E-state index contributed by atoms with van der Waals surface area (Å²) in [4.78, 5) is 12.9. The smallest absolute Gasteiger partial charge is 0.311 e. The fourth-order valence-electron chi connectivity index (χ4n) is 3.96. The van der Waals surface area contributed by atoms with Gasteiger partial charge in [0.1, 0.15) is 0 Å². The van der Waals surface area contributed by atoms with E-state index >= 15 is 0 Å². The maximum Gasteiger partial charge on any atom is 0.311 e. The second-order valence-electron chi connectivity index (χ2n) is 6.53. The summed E-state index contributed by atoms with van der Waals surface area (Å²) in [5, 5.41) is 14.4. The molecule has 0 radical (unpaired) electrons. The van der Waals surface area contributed by atoms with Gasteiger partial charge < -0.3 is 15.0 Å². The first-order chi connectivity index (χ1) is 11.2. The lowest BCUT2D eigenvalue weighted by atomic mass is 9.79. The molecule has 0 spiro atoms. The monoisotopic (exact) mass is 319 g/mol. The highest BCUT2D eigenvalue weighted by molar-refractivity contribution is 5.59. The van der Waals surface area contributed by atoms with Crippen LogP contribution in [0.1, 0.15) is 25.7 Å². The second-order valence-corrected chi connectivity index (χ2v) is 6.53. The number of nitrogens with one attached hydrogen (secondary N) is 1. The minimum atomic E-state index is -0.397. The lowest BCUT2D eigenvalue weighted by Gasteiger charge is -2.38. The van der Waals surface area contributed by atoms with E-state index in [4.69, 9.17) is 4.74 Å².